The van der Waals surface area contributed by atoms with Crippen LogP contribution in [-0.2, 0) is 0 Å². The van der Waals surface area contributed by atoms with Crippen LogP contribution in [0.4, 0.5) is 14.6 Å². The van der Waals surface area contributed by atoms with E-state index in [1.807, 2.05) is 48.5 Å². The molecule has 212 valence electrons. The van der Waals surface area contributed by atoms with Crippen molar-refractivity contribution in [2.75, 3.05) is 37.7 Å². The molecule has 1 N–H and O–H groups in total. The van der Waals surface area contributed by atoms with E-state index in [0.29, 0.717) is 35.5 Å². The summed E-state index contributed by atoms with van der Waals surface area (Å²) in [5, 5.41) is 6.53. The number of alkyl halides is 1. The highest BCUT2D eigenvalue weighted by atomic mass is 35.5. The predicted molar refractivity (Wildman–Crippen MR) is 158 cm³/mol. The Morgan fingerprint density at radius 3 is 2.66 bits per heavy atom. The number of piperazine rings is 1. The summed E-state index contributed by atoms with van der Waals surface area (Å²) in [7, 11) is 0. The van der Waals surface area contributed by atoms with Crippen molar-refractivity contribution in [3.8, 4) is 17.1 Å². The molecular weight excluding hydrogens is 544 g/mol. The third-order valence-corrected chi connectivity index (χ3v) is 10.1. The van der Waals surface area contributed by atoms with Crippen LogP contribution in [0.2, 0.25) is 5.02 Å². The number of aromatic nitrogens is 2. The first-order chi connectivity index (χ1) is 20.0. The highest BCUT2D eigenvalue weighted by Crippen LogP contribution is 2.43. The van der Waals surface area contributed by atoms with Gasteiger partial charge in [-0.2, -0.15) is 9.97 Å². The lowest BCUT2D eigenvalue weighted by Crippen LogP contribution is -2.52. The summed E-state index contributed by atoms with van der Waals surface area (Å²) in [6, 6.07) is 16.0. The van der Waals surface area contributed by atoms with Gasteiger partial charge in [0.25, 0.3) is 0 Å². The van der Waals surface area contributed by atoms with Crippen LogP contribution >= 0.6 is 11.6 Å². The van der Waals surface area contributed by atoms with Crippen molar-refractivity contribution in [1.29, 1.82) is 0 Å². The zero-order chi connectivity index (χ0) is 27.7. The lowest BCUT2D eigenvalue weighted by molar-refractivity contribution is 0.107. The lowest BCUT2D eigenvalue weighted by atomic mass is 9.95. The van der Waals surface area contributed by atoms with E-state index in [2.05, 4.69) is 20.1 Å². The molecule has 9 heteroatoms. The van der Waals surface area contributed by atoms with Crippen molar-refractivity contribution in [1.82, 2.24) is 20.2 Å². The molecule has 6 nitrogen and oxygen atoms in total. The molecule has 41 heavy (non-hydrogen) atoms. The van der Waals surface area contributed by atoms with Gasteiger partial charge in [0.05, 0.1) is 5.54 Å². The fraction of sp³-hybridized carbons (Fsp3) is 0.438. The van der Waals surface area contributed by atoms with Gasteiger partial charge in [-0.3, -0.25) is 4.90 Å². The second kappa shape index (κ2) is 9.75. The van der Waals surface area contributed by atoms with Gasteiger partial charge in [0.2, 0.25) is 0 Å². The topological polar surface area (TPSA) is 53.5 Å². The molecule has 4 atom stereocenters. The Bertz CT molecular complexity index is 1650. The molecule has 8 rings (SSSR count). The first-order valence-corrected chi connectivity index (χ1v) is 15.1. The molecule has 0 radical (unpaired) electrons. The summed E-state index contributed by atoms with van der Waals surface area (Å²) in [6.07, 6.45) is 3.63. The fourth-order valence-corrected chi connectivity index (χ4v) is 8.17. The van der Waals surface area contributed by atoms with Crippen LogP contribution in [0.5, 0.6) is 6.01 Å². The number of halogens is 3. The molecule has 0 saturated carbocycles. The average molecular weight is 576 g/mol. The number of nitrogens with zero attached hydrogens (tertiary/aromatic N) is 4. The molecule has 3 unspecified atom stereocenters. The summed E-state index contributed by atoms with van der Waals surface area (Å²) in [4.78, 5) is 14.2. The maximum absolute atomic E-state index is 16.7. The summed E-state index contributed by atoms with van der Waals surface area (Å²) in [5.74, 6) is 0.298. The number of ether oxygens (including phenoxy) is 1. The number of anilines is 1. The van der Waals surface area contributed by atoms with Crippen molar-refractivity contribution in [2.24, 2.45) is 0 Å². The van der Waals surface area contributed by atoms with Crippen LogP contribution in [0.1, 0.15) is 32.1 Å². The summed E-state index contributed by atoms with van der Waals surface area (Å²) in [5.41, 5.74) is 1.05. The molecule has 4 fully saturated rings. The van der Waals surface area contributed by atoms with Gasteiger partial charge in [0, 0.05) is 59.5 Å². The lowest BCUT2D eigenvalue weighted by Gasteiger charge is -2.37. The molecule has 0 amide bonds. The minimum absolute atomic E-state index is 0.154. The monoisotopic (exact) mass is 575 g/mol. The second-order valence-corrected chi connectivity index (χ2v) is 12.5. The van der Waals surface area contributed by atoms with Gasteiger partial charge in [-0.1, -0.05) is 48.0 Å². The zero-order valence-corrected chi connectivity index (χ0v) is 23.5. The predicted octanol–water partition coefficient (Wildman–Crippen LogP) is 6.14. The third kappa shape index (κ3) is 4.09. The van der Waals surface area contributed by atoms with Gasteiger partial charge in [-0.25, -0.2) is 8.78 Å². The summed E-state index contributed by atoms with van der Waals surface area (Å²) in [6.45, 7) is 3.35. The van der Waals surface area contributed by atoms with E-state index in [4.69, 9.17) is 21.3 Å². The molecule has 4 aliphatic rings. The molecule has 5 heterocycles. The van der Waals surface area contributed by atoms with E-state index in [1.165, 1.54) is 0 Å². The van der Waals surface area contributed by atoms with Crippen molar-refractivity contribution in [3.05, 3.63) is 59.4 Å². The second-order valence-electron chi connectivity index (χ2n) is 12.1. The van der Waals surface area contributed by atoms with Crippen LogP contribution in [0.25, 0.3) is 32.8 Å². The van der Waals surface area contributed by atoms with E-state index >= 15 is 4.39 Å². The summed E-state index contributed by atoms with van der Waals surface area (Å²) < 4.78 is 37.4. The Balaban J connectivity index is 1.27. The number of fused-ring (bicyclic) bond motifs is 5. The van der Waals surface area contributed by atoms with Crippen LogP contribution in [0, 0.1) is 5.82 Å². The maximum Gasteiger partial charge on any atom is 0.319 e. The third-order valence-electron chi connectivity index (χ3n) is 9.77. The Morgan fingerprint density at radius 1 is 1.02 bits per heavy atom. The smallest absolute Gasteiger partial charge is 0.319 e. The minimum atomic E-state index is -0.851. The average Bonchev–Trinajstić information content (AvgIpc) is 3.58. The molecule has 4 aliphatic heterocycles. The van der Waals surface area contributed by atoms with E-state index in [1.54, 1.807) is 0 Å². The number of hydrogen-bond donors (Lipinski definition) is 1. The molecule has 3 aromatic carbocycles. The molecular formula is C32H32ClF2N5O. The van der Waals surface area contributed by atoms with Gasteiger partial charge >= 0.3 is 6.01 Å². The first-order valence-electron chi connectivity index (χ1n) is 14.7. The van der Waals surface area contributed by atoms with Gasteiger partial charge in [0.1, 0.15) is 24.1 Å². The quantitative estimate of drug-likeness (QED) is 0.309. The highest BCUT2D eigenvalue weighted by molar-refractivity contribution is 6.36. The van der Waals surface area contributed by atoms with Crippen LogP contribution < -0.4 is 15.0 Å². The Labute approximate surface area is 242 Å². The zero-order valence-electron chi connectivity index (χ0n) is 22.8. The Hall–Kier alpha value is -3.07. The largest absolute Gasteiger partial charge is 0.461 e. The number of nitrogens with one attached hydrogen (secondary N) is 1. The van der Waals surface area contributed by atoms with Crippen molar-refractivity contribution < 1.29 is 13.5 Å². The molecule has 2 bridgehead atoms. The first kappa shape index (κ1) is 25.6. The van der Waals surface area contributed by atoms with E-state index in [0.717, 1.165) is 67.5 Å². The molecule has 4 aromatic rings. The van der Waals surface area contributed by atoms with Crippen molar-refractivity contribution >= 4 is 39.1 Å². The van der Waals surface area contributed by atoms with Crippen LogP contribution in [-0.4, -0.2) is 71.4 Å². The number of hydrogen-bond acceptors (Lipinski definition) is 6. The maximum atomic E-state index is 16.7. The standard InChI is InChI=1S/C32H32ClF2N5O/c33-26-7-2-5-19-4-1-6-23(27(19)26)24-10-11-25-29(28(24)35)37-31(38-30(25)40-21-8-9-22(40)16-36-15-21)41-18-32-12-3-13-39(32)17-20(34)14-32/h1-2,4-7,10-11,20-22,36H,3,8-9,12-18H2/t20?,21?,22?,32-/m0/s1. The van der Waals surface area contributed by atoms with E-state index < -0.39 is 12.0 Å². The Morgan fingerprint density at radius 2 is 1.83 bits per heavy atom. The number of rotatable bonds is 5. The van der Waals surface area contributed by atoms with Crippen LogP contribution in [0.15, 0.2) is 48.5 Å². The van der Waals surface area contributed by atoms with Crippen LogP contribution in [0.3, 0.4) is 0 Å². The van der Waals surface area contributed by atoms with E-state index in [-0.39, 0.29) is 29.1 Å². The fourth-order valence-electron chi connectivity index (χ4n) is 7.89. The van der Waals surface area contributed by atoms with E-state index in [9.17, 15) is 4.39 Å². The number of benzene rings is 3. The Kier molecular flexibility index (Phi) is 6.09. The minimum Gasteiger partial charge on any atom is -0.461 e. The SMILES string of the molecule is Fc1c(-c2cccc3cccc(Cl)c23)ccc2c(N3C4CCC3CNC4)nc(OC[C@@]34CCCN3CC(F)C4)nc12. The van der Waals surface area contributed by atoms with Gasteiger partial charge in [-0.05, 0) is 55.3 Å². The van der Waals surface area contributed by atoms with Crippen molar-refractivity contribution in [2.45, 2.75) is 55.9 Å². The molecule has 0 aliphatic carbocycles. The van der Waals surface area contributed by atoms with Gasteiger partial charge in [0.15, 0.2) is 5.82 Å². The van der Waals surface area contributed by atoms with Crippen molar-refractivity contribution in [3.63, 3.8) is 0 Å². The molecule has 1 aromatic heterocycles. The molecule has 0 spiro atoms. The van der Waals surface area contributed by atoms with Gasteiger partial charge in [-0.15, -0.1) is 0 Å². The summed E-state index contributed by atoms with van der Waals surface area (Å²) >= 11 is 6.62. The van der Waals surface area contributed by atoms with Gasteiger partial charge < -0.3 is 15.0 Å². The highest BCUT2D eigenvalue weighted by Gasteiger charge is 2.49. The normalized spacial score (nSPS) is 27.7. The molecule has 4 saturated heterocycles.